The van der Waals surface area contributed by atoms with Gasteiger partial charge in [0.1, 0.15) is 5.56 Å². The van der Waals surface area contributed by atoms with E-state index in [0.29, 0.717) is 5.69 Å². The Morgan fingerprint density at radius 3 is 2.86 bits per heavy atom. The van der Waals surface area contributed by atoms with Gasteiger partial charge in [-0.1, -0.05) is 0 Å². The number of H-pyrrole nitrogens is 1. The summed E-state index contributed by atoms with van der Waals surface area (Å²) < 4.78 is 4.67. The minimum absolute atomic E-state index is 0.146. The van der Waals surface area contributed by atoms with Gasteiger partial charge >= 0.3 is 5.97 Å². The standard InChI is InChI=1S/C9H11NO4/c1-3-14-9(13)7-5(2)10-4-6(11)8(7)12/h4,11H,3H2,1-2H3,(H,10,12). The second-order valence-electron chi connectivity index (χ2n) is 2.72. The summed E-state index contributed by atoms with van der Waals surface area (Å²) in [7, 11) is 0. The van der Waals surface area contributed by atoms with Gasteiger partial charge in [-0.15, -0.1) is 0 Å². The summed E-state index contributed by atoms with van der Waals surface area (Å²) in [6.45, 7) is 3.39. The molecule has 0 aliphatic rings. The third-order valence-electron chi connectivity index (χ3n) is 1.74. The van der Waals surface area contributed by atoms with Gasteiger partial charge < -0.3 is 14.8 Å². The Morgan fingerprint density at radius 1 is 1.64 bits per heavy atom. The molecule has 0 aliphatic heterocycles. The van der Waals surface area contributed by atoms with E-state index in [1.54, 1.807) is 13.8 Å². The van der Waals surface area contributed by atoms with Crippen molar-refractivity contribution < 1.29 is 14.6 Å². The van der Waals surface area contributed by atoms with Crippen molar-refractivity contribution in [2.45, 2.75) is 13.8 Å². The molecule has 76 valence electrons. The van der Waals surface area contributed by atoms with Gasteiger partial charge in [-0.3, -0.25) is 4.79 Å². The highest BCUT2D eigenvalue weighted by Gasteiger charge is 2.17. The van der Waals surface area contributed by atoms with Crippen molar-refractivity contribution in [1.82, 2.24) is 4.98 Å². The lowest BCUT2D eigenvalue weighted by Gasteiger charge is -2.04. The lowest BCUT2D eigenvalue weighted by molar-refractivity contribution is 0.0523. The zero-order valence-corrected chi connectivity index (χ0v) is 7.96. The van der Waals surface area contributed by atoms with Crippen molar-refractivity contribution in [3.8, 4) is 5.75 Å². The van der Waals surface area contributed by atoms with Gasteiger partial charge in [-0.25, -0.2) is 4.79 Å². The van der Waals surface area contributed by atoms with Crippen molar-refractivity contribution in [1.29, 1.82) is 0 Å². The Labute approximate surface area is 80.3 Å². The first kappa shape index (κ1) is 10.3. The molecule has 0 aliphatic carbocycles. The van der Waals surface area contributed by atoms with Gasteiger partial charge in [0.25, 0.3) is 0 Å². The molecule has 5 heteroatoms. The molecule has 0 spiro atoms. The van der Waals surface area contributed by atoms with Crippen LogP contribution in [0.2, 0.25) is 0 Å². The summed E-state index contributed by atoms with van der Waals surface area (Å²) in [6, 6.07) is 0. The second kappa shape index (κ2) is 3.95. The molecule has 0 bridgehead atoms. The van der Waals surface area contributed by atoms with Crippen LogP contribution in [0.3, 0.4) is 0 Å². The van der Waals surface area contributed by atoms with Gasteiger partial charge in [0.2, 0.25) is 5.43 Å². The van der Waals surface area contributed by atoms with Crippen molar-refractivity contribution in [3.05, 3.63) is 27.7 Å². The maximum Gasteiger partial charge on any atom is 0.344 e. The Bertz CT molecular complexity index is 408. The quantitative estimate of drug-likeness (QED) is 0.679. The van der Waals surface area contributed by atoms with Crippen molar-refractivity contribution in [2.24, 2.45) is 0 Å². The zero-order valence-electron chi connectivity index (χ0n) is 7.96. The number of pyridine rings is 1. The monoisotopic (exact) mass is 197 g/mol. The second-order valence-corrected chi connectivity index (χ2v) is 2.72. The summed E-state index contributed by atoms with van der Waals surface area (Å²) in [4.78, 5) is 25.2. The Hall–Kier alpha value is -1.78. The zero-order chi connectivity index (χ0) is 10.7. The molecule has 0 radical (unpaired) electrons. The molecule has 0 saturated carbocycles. The van der Waals surface area contributed by atoms with E-state index in [1.165, 1.54) is 0 Å². The van der Waals surface area contributed by atoms with E-state index in [1.807, 2.05) is 0 Å². The average molecular weight is 197 g/mol. The van der Waals surface area contributed by atoms with Crippen LogP contribution in [-0.2, 0) is 4.74 Å². The lowest BCUT2D eigenvalue weighted by atomic mass is 10.2. The number of rotatable bonds is 2. The number of aromatic nitrogens is 1. The van der Waals surface area contributed by atoms with E-state index in [4.69, 9.17) is 5.11 Å². The van der Waals surface area contributed by atoms with Crippen LogP contribution in [0.15, 0.2) is 11.0 Å². The fourth-order valence-corrected chi connectivity index (χ4v) is 1.06. The fraction of sp³-hybridized carbons (Fsp3) is 0.333. The van der Waals surface area contributed by atoms with Crippen molar-refractivity contribution in [3.63, 3.8) is 0 Å². The molecule has 14 heavy (non-hydrogen) atoms. The SMILES string of the molecule is CCOC(=O)c1c(C)[nH]cc(O)c1=O. The number of nitrogens with one attached hydrogen (secondary N) is 1. The van der Waals surface area contributed by atoms with Crippen molar-refractivity contribution in [2.75, 3.05) is 6.61 Å². The molecule has 1 rings (SSSR count). The molecule has 0 saturated heterocycles. The van der Waals surface area contributed by atoms with E-state index in [-0.39, 0.29) is 12.2 Å². The number of ether oxygens (including phenoxy) is 1. The highest BCUT2D eigenvalue weighted by Crippen LogP contribution is 2.06. The van der Waals surface area contributed by atoms with E-state index >= 15 is 0 Å². The predicted octanol–water partition coefficient (Wildman–Crippen LogP) is 0.566. The van der Waals surface area contributed by atoms with E-state index in [9.17, 15) is 9.59 Å². The molecule has 5 nitrogen and oxygen atoms in total. The highest BCUT2D eigenvalue weighted by atomic mass is 16.5. The van der Waals surface area contributed by atoms with Gasteiger partial charge in [-0.05, 0) is 13.8 Å². The van der Waals surface area contributed by atoms with Gasteiger partial charge in [0, 0.05) is 11.9 Å². The molecule has 0 unspecified atom stereocenters. The maximum absolute atomic E-state index is 11.3. The van der Waals surface area contributed by atoms with Crippen LogP contribution in [0.4, 0.5) is 0 Å². The fourth-order valence-electron chi connectivity index (χ4n) is 1.06. The first-order valence-corrected chi connectivity index (χ1v) is 4.16. The molecular formula is C9H11NO4. The number of carbonyl (C=O) groups excluding carboxylic acids is 1. The first-order chi connectivity index (χ1) is 6.57. The number of hydrogen-bond donors (Lipinski definition) is 2. The molecule has 1 aromatic rings. The van der Waals surface area contributed by atoms with Gasteiger partial charge in [-0.2, -0.15) is 0 Å². The first-order valence-electron chi connectivity index (χ1n) is 4.16. The molecule has 2 N–H and O–H groups in total. The number of carbonyl (C=O) groups is 1. The van der Waals surface area contributed by atoms with Crippen LogP contribution < -0.4 is 5.43 Å². The predicted molar refractivity (Wildman–Crippen MR) is 49.4 cm³/mol. The largest absolute Gasteiger partial charge is 0.503 e. The molecule has 0 aromatic carbocycles. The minimum Gasteiger partial charge on any atom is -0.503 e. The molecule has 1 aromatic heterocycles. The normalized spacial score (nSPS) is 9.86. The summed E-state index contributed by atoms with van der Waals surface area (Å²) in [5.74, 6) is -1.21. The van der Waals surface area contributed by atoms with Crippen LogP contribution in [-0.4, -0.2) is 22.7 Å². The van der Waals surface area contributed by atoms with Gasteiger partial charge in [0.05, 0.1) is 6.61 Å². The summed E-state index contributed by atoms with van der Waals surface area (Å²) in [5.41, 5.74) is -0.474. The molecular weight excluding hydrogens is 186 g/mol. The van der Waals surface area contributed by atoms with Crippen molar-refractivity contribution >= 4 is 5.97 Å². The number of hydrogen-bond acceptors (Lipinski definition) is 4. The summed E-state index contributed by atoms with van der Waals surface area (Å²) in [6.07, 6.45) is 1.14. The highest BCUT2D eigenvalue weighted by molar-refractivity contribution is 5.90. The third kappa shape index (κ3) is 1.76. The van der Waals surface area contributed by atoms with Crippen LogP contribution in [0.25, 0.3) is 0 Å². The number of esters is 1. The summed E-state index contributed by atoms with van der Waals surface area (Å²) in [5, 5.41) is 9.09. The Morgan fingerprint density at radius 2 is 2.29 bits per heavy atom. The summed E-state index contributed by atoms with van der Waals surface area (Å²) >= 11 is 0. The topological polar surface area (TPSA) is 79.4 Å². The van der Waals surface area contributed by atoms with Crippen LogP contribution in [0.1, 0.15) is 23.0 Å². The van der Waals surface area contributed by atoms with E-state index in [0.717, 1.165) is 6.20 Å². The van der Waals surface area contributed by atoms with Crippen LogP contribution in [0, 0.1) is 6.92 Å². The Balaban J connectivity index is 3.26. The maximum atomic E-state index is 11.3. The van der Waals surface area contributed by atoms with E-state index < -0.39 is 17.1 Å². The molecule has 0 atom stereocenters. The minimum atomic E-state index is -0.720. The lowest BCUT2D eigenvalue weighted by Crippen LogP contribution is -2.19. The molecule has 1 heterocycles. The van der Waals surface area contributed by atoms with Crippen LogP contribution >= 0.6 is 0 Å². The molecule has 0 amide bonds. The Kier molecular flexibility index (Phi) is 2.91. The third-order valence-corrected chi connectivity index (χ3v) is 1.74. The van der Waals surface area contributed by atoms with Crippen LogP contribution in [0.5, 0.6) is 5.75 Å². The number of aromatic amines is 1. The smallest absolute Gasteiger partial charge is 0.344 e. The number of aryl methyl sites for hydroxylation is 1. The number of aromatic hydroxyl groups is 1. The van der Waals surface area contributed by atoms with Gasteiger partial charge in [0.15, 0.2) is 5.75 Å². The van der Waals surface area contributed by atoms with E-state index in [2.05, 4.69) is 9.72 Å². The molecule has 0 fully saturated rings. The average Bonchev–Trinajstić information content (AvgIpc) is 2.13.